The van der Waals surface area contributed by atoms with E-state index in [0.29, 0.717) is 19.8 Å². The molecule has 0 saturated carbocycles. The van der Waals surface area contributed by atoms with Crippen molar-refractivity contribution in [2.24, 2.45) is 4.99 Å². The standard InChI is InChI=1S/C22H32FN5OS.HI/c1-3-19-15-26-21(30-19)8-9-25-22(24-4-2)27-16-20(28-10-12-29-13-11-28)17-6-5-7-18(23)14-17;/h5-7,14-15,20H,3-4,8-13,16H2,1-2H3,(H2,24,25,27);1H. The average Bonchev–Trinajstić information content (AvgIpc) is 3.23. The number of hydrogen-bond donors (Lipinski definition) is 2. The minimum atomic E-state index is -0.213. The number of hydrogen-bond acceptors (Lipinski definition) is 5. The van der Waals surface area contributed by atoms with Crippen molar-refractivity contribution in [1.29, 1.82) is 0 Å². The lowest BCUT2D eigenvalue weighted by Crippen LogP contribution is -2.42. The lowest BCUT2D eigenvalue weighted by atomic mass is 10.0. The molecule has 1 saturated heterocycles. The van der Waals surface area contributed by atoms with Crippen LogP contribution in [0, 0.1) is 5.82 Å². The summed E-state index contributed by atoms with van der Waals surface area (Å²) >= 11 is 1.77. The minimum absolute atomic E-state index is 0. The molecule has 6 nitrogen and oxygen atoms in total. The summed E-state index contributed by atoms with van der Waals surface area (Å²) in [7, 11) is 0. The number of nitrogens with zero attached hydrogens (tertiary/aromatic N) is 3. The molecule has 1 atom stereocenters. The number of ether oxygens (including phenoxy) is 1. The molecular formula is C22H33FIN5OS. The Balaban J connectivity index is 0.00000341. The smallest absolute Gasteiger partial charge is 0.191 e. The highest BCUT2D eigenvalue weighted by atomic mass is 127. The van der Waals surface area contributed by atoms with Crippen molar-refractivity contribution in [3.8, 4) is 0 Å². The van der Waals surface area contributed by atoms with E-state index in [9.17, 15) is 4.39 Å². The maximum atomic E-state index is 13.9. The first kappa shape index (κ1) is 26.0. The molecule has 172 valence electrons. The van der Waals surface area contributed by atoms with Crippen molar-refractivity contribution < 1.29 is 9.13 Å². The van der Waals surface area contributed by atoms with Crippen LogP contribution in [0.4, 0.5) is 4.39 Å². The molecular weight excluding hydrogens is 528 g/mol. The quantitative estimate of drug-likeness (QED) is 0.278. The Labute approximate surface area is 205 Å². The highest BCUT2D eigenvalue weighted by Crippen LogP contribution is 2.23. The van der Waals surface area contributed by atoms with Gasteiger partial charge in [0, 0.05) is 43.7 Å². The number of aliphatic imine (C=N–C) groups is 1. The Hall–Kier alpha value is -1.30. The number of benzene rings is 1. The maximum absolute atomic E-state index is 13.9. The van der Waals surface area contributed by atoms with Crippen molar-refractivity contribution >= 4 is 41.3 Å². The monoisotopic (exact) mass is 561 g/mol. The van der Waals surface area contributed by atoms with Gasteiger partial charge in [-0.1, -0.05) is 19.1 Å². The van der Waals surface area contributed by atoms with Crippen molar-refractivity contribution in [3.63, 3.8) is 0 Å². The summed E-state index contributed by atoms with van der Waals surface area (Å²) < 4.78 is 19.4. The second-order valence-corrected chi connectivity index (χ2v) is 8.39. The Morgan fingerprint density at radius 2 is 2.10 bits per heavy atom. The third kappa shape index (κ3) is 8.28. The molecule has 1 fully saturated rings. The van der Waals surface area contributed by atoms with Crippen molar-refractivity contribution in [3.05, 3.63) is 51.7 Å². The average molecular weight is 562 g/mol. The number of aromatic nitrogens is 1. The van der Waals surface area contributed by atoms with Crippen LogP contribution in [0.2, 0.25) is 0 Å². The molecule has 1 aromatic carbocycles. The molecule has 2 N–H and O–H groups in total. The summed E-state index contributed by atoms with van der Waals surface area (Å²) in [6.07, 6.45) is 3.86. The second-order valence-electron chi connectivity index (χ2n) is 7.19. The predicted octanol–water partition coefficient (Wildman–Crippen LogP) is 3.63. The lowest BCUT2D eigenvalue weighted by Gasteiger charge is -2.34. The summed E-state index contributed by atoms with van der Waals surface area (Å²) in [4.78, 5) is 12.9. The summed E-state index contributed by atoms with van der Waals surface area (Å²) in [5.41, 5.74) is 0.950. The lowest BCUT2D eigenvalue weighted by molar-refractivity contribution is 0.0179. The zero-order chi connectivity index (χ0) is 21.2. The SMILES string of the molecule is CCNC(=NCC(c1cccc(F)c1)N1CCOCC1)NCCc1ncc(CC)s1.I. The zero-order valence-corrected chi connectivity index (χ0v) is 21.4. The van der Waals surface area contributed by atoms with E-state index >= 15 is 0 Å². The second kappa shape index (κ2) is 14.0. The van der Waals surface area contributed by atoms with Gasteiger partial charge in [0.05, 0.1) is 30.8 Å². The number of nitrogens with one attached hydrogen (secondary N) is 2. The van der Waals surface area contributed by atoms with E-state index in [-0.39, 0.29) is 35.8 Å². The highest BCUT2D eigenvalue weighted by molar-refractivity contribution is 14.0. The number of morpholine rings is 1. The molecule has 1 aliphatic heterocycles. The molecule has 0 aliphatic carbocycles. The van der Waals surface area contributed by atoms with Crippen molar-refractivity contribution in [1.82, 2.24) is 20.5 Å². The first-order valence-corrected chi connectivity index (χ1v) is 11.5. The normalized spacial score (nSPS) is 15.9. The van der Waals surface area contributed by atoms with Crippen LogP contribution < -0.4 is 10.6 Å². The van der Waals surface area contributed by atoms with Gasteiger partial charge in [-0.15, -0.1) is 35.3 Å². The van der Waals surface area contributed by atoms with Gasteiger partial charge in [-0.3, -0.25) is 9.89 Å². The van der Waals surface area contributed by atoms with Crippen LogP contribution in [-0.2, 0) is 17.6 Å². The van der Waals surface area contributed by atoms with Gasteiger partial charge in [-0.05, 0) is 31.0 Å². The minimum Gasteiger partial charge on any atom is -0.379 e. The fourth-order valence-corrected chi connectivity index (χ4v) is 4.33. The van der Waals surface area contributed by atoms with Gasteiger partial charge in [-0.25, -0.2) is 9.37 Å². The third-order valence-electron chi connectivity index (χ3n) is 5.07. The van der Waals surface area contributed by atoms with E-state index in [2.05, 4.69) is 34.4 Å². The van der Waals surface area contributed by atoms with E-state index in [1.165, 1.54) is 10.9 Å². The highest BCUT2D eigenvalue weighted by Gasteiger charge is 2.23. The van der Waals surface area contributed by atoms with Crippen LogP contribution in [0.5, 0.6) is 0 Å². The molecule has 9 heteroatoms. The number of guanidine groups is 1. The zero-order valence-electron chi connectivity index (χ0n) is 18.3. The van der Waals surface area contributed by atoms with E-state index in [0.717, 1.165) is 55.6 Å². The van der Waals surface area contributed by atoms with E-state index in [1.54, 1.807) is 23.5 Å². The fraction of sp³-hybridized carbons (Fsp3) is 0.545. The van der Waals surface area contributed by atoms with E-state index < -0.39 is 0 Å². The molecule has 0 radical (unpaired) electrons. The number of halogens is 2. The van der Waals surface area contributed by atoms with Crippen LogP contribution in [0.3, 0.4) is 0 Å². The van der Waals surface area contributed by atoms with E-state index in [1.807, 2.05) is 12.3 Å². The van der Waals surface area contributed by atoms with Gasteiger partial charge in [0.15, 0.2) is 5.96 Å². The summed E-state index contributed by atoms with van der Waals surface area (Å²) in [6.45, 7) is 9.34. The topological polar surface area (TPSA) is 61.8 Å². The first-order valence-electron chi connectivity index (χ1n) is 10.7. The van der Waals surface area contributed by atoms with Crippen molar-refractivity contribution in [2.45, 2.75) is 32.7 Å². The van der Waals surface area contributed by atoms with Crippen LogP contribution >= 0.6 is 35.3 Å². The van der Waals surface area contributed by atoms with Crippen molar-refractivity contribution in [2.75, 3.05) is 45.9 Å². The Kier molecular flexibility index (Phi) is 11.7. The Bertz CT molecular complexity index is 813. The largest absolute Gasteiger partial charge is 0.379 e. The van der Waals surface area contributed by atoms with Gasteiger partial charge in [0.25, 0.3) is 0 Å². The number of aryl methyl sites for hydroxylation is 1. The van der Waals surface area contributed by atoms with Gasteiger partial charge >= 0.3 is 0 Å². The van der Waals surface area contributed by atoms with Gasteiger partial charge in [0.1, 0.15) is 5.82 Å². The third-order valence-corrected chi connectivity index (χ3v) is 6.27. The molecule has 0 amide bonds. The first-order chi connectivity index (χ1) is 14.7. The molecule has 3 rings (SSSR count). The molecule has 2 aromatic rings. The molecule has 1 aromatic heterocycles. The number of thiazole rings is 1. The predicted molar refractivity (Wildman–Crippen MR) is 136 cm³/mol. The van der Waals surface area contributed by atoms with Crippen LogP contribution in [-0.4, -0.2) is 61.8 Å². The molecule has 0 bridgehead atoms. The van der Waals surface area contributed by atoms with E-state index in [4.69, 9.17) is 9.73 Å². The summed E-state index contributed by atoms with van der Waals surface area (Å²) in [5, 5.41) is 7.86. The maximum Gasteiger partial charge on any atom is 0.191 e. The van der Waals surface area contributed by atoms with Gasteiger partial charge in [-0.2, -0.15) is 0 Å². The molecule has 0 spiro atoms. The molecule has 2 heterocycles. The summed E-state index contributed by atoms with van der Waals surface area (Å²) in [6, 6.07) is 6.86. The van der Waals surface area contributed by atoms with Crippen LogP contribution in [0.1, 0.15) is 35.3 Å². The Morgan fingerprint density at radius 1 is 1.29 bits per heavy atom. The number of rotatable bonds is 9. The molecule has 31 heavy (non-hydrogen) atoms. The Morgan fingerprint density at radius 3 is 2.77 bits per heavy atom. The fourth-order valence-electron chi connectivity index (χ4n) is 3.47. The van der Waals surface area contributed by atoms with Crippen LogP contribution in [0.15, 0.2) is 35.5 Å². The molecule has 1 unspecified atom stereocenters. The van der Waals surface area contributed by atoms with Crippen LogP contribution in [0.25, 0.3) is 0 Å². The van der Waals surface area contributed by atoms with Gasteiger partial charge < -0.3 is 15.4 Å². The molecule has 1 aliphatic rings. The van der Waals surface area contributed by atoms with Gasteiger partial charge in [0.2, 0.25) is 0 Å². The summed E-state index contributed by atoms with van der Waals surface area (Å²) in [5.74, 6) is 0.564.